The van der Waals surface area contributed by atoms with Gasteiger partial charge >= 0.3 is 0 Å². The van der Waals surface area contributed by atoms with Crippen LogP contribution in [0.4, 0.5) is 0 Å². The van der Waals surface area contributed by atoms with E-state index in [2.05, 4.69) is 10.6 Å². The van der Waals surface area contributed by atoms with E-state index in [9.17, 15) is 9.59 Å². The number of hydrogen-bond acceptors (Lipinski definition) is 2. The predicted octanol–water partition coefficient (Wildman–Crippen LogP) is 4.28. The molecule has 0 radical (unpaired) electrons. The summed E-state index contributed by atoms with van der Waals surface area (Å²) in [6.45, 7) is 4.31. The lowest BCUT2D eigenvalue weighted by Crippen LogP contribution is -2.50. The Balaban J connectivity index is 1.77. The van der Waals surface area contributed by atoms with Gasteiger partial charge in [-0.15, -0.1) is 0 Å². The van der Waals surface area contributed by atoms with Crippen LogP contribution in [0.3, 0.4) is 0 Å². The molecule has 0 saturated heterocycles. The lowest BCUT2D eigenvalue weighted by Gasteiger charge is -2.25. The Morgan fingerprint density at radius 3 is 1.63 bits per heavy atom. The van der Waals surface area contributed by atoms with Crippen LogP contribution in [0.5, 0.6) is 0 Å². The van der Waals surface area contributed by atoms with Crippen molar-refractivity contribution >= 4 is 11.8 Å². The molecule has 30 heavy (non-hydrogen) atoms. The van der Waals surface area contributed by atoms with Gasteiger partial charge in [0.05, 0.1) is 5.92 Å². The molecule has 2 N–H and O–H groups in total. The molecule has 3 rings (SSSR count). The van der Waals surface area contributed by atoms with Gasteiger partial charge < -0.3 is 10.6 Å². The van der Waals surface area contributed by atoms with Crippen molar-refractivity contribution in [2.45, 2.75) is 32.4 Å². The van der Waals surface area contributed by atoms with E-state index in [1.807, 2.05) is 105 Å². The van der Waals surface area contributed by atoms with Crippen LogP contribution in [0.1, 0.15) is 36.5 Å². The Morgan fingerprint density at radius 1 is 0.700 bits per heavy atom. The summed E-state index contributed by atoms with van der Waals surface area (Å²) >= 11 is 0. The van der Waals surface area contributed by atoms with Crippen LogP contribution in [-0.2, 0) is 16.1 Å². The maximum absolute atomic E-state index is 13.3. The van der Waals surface area contributed by atoms with E-state index < -0.39 is 12.0 Å². The predicted molar refractivity (Wildman–Crippen MR) is 120 cm³/mol. The topological polar surface area (TPSA) is 58.2 Å². The molecule has 4 nitrogen and oxygen atoms in total. The standard InChI is InChI=1S/C26H28N2O2/c1-19(2)24(26(30)27-18-20-12-6-3-7-13-20)28-25(29)23(21-14-8-4-9-15-21)22-16-10-5-11-17-22/h3-17,19,23-24H,18H2,1-2H3,(H,27,30)(H,28,29)/t24-/m1/s1. The van der Waals surface area contributed by atoms with Crippen LogP contribution in [0.2, 0.25) is 0 Å². The highest BCUT2D eigenvalue weighted by Crippen LogP contribution is 2.25. The molecule has 0 aromatic heterocycles. The maximum atomic E-state index is 13.3. The van der Waals surface area contributed by atoms with Crippen molar-refractivity contribution < 1.29 is 9.59 Å². The minimum atomic E-state index is -0.615. The summed E-state index contributed by atoms with van der Waals surface area (Å²) in [6, 6.07) is 28.4. The highest BCUT2D eigenvalue weighted by Gasteiger charge is 2.29. The summed E-state index contributed by atoms with van der Waals surface area (Å²) in [5, 5.41) is 5.95. The van der Waals surface area contributed by atoms with Crippen LogP contribution in [0.15, 0.2) is 91.0 Å². The van der Waals surface area contributed by atoms with Crippen molar-refractivity contribution in [1.82, 2.24) is 10.6 Å². The number of hydrogen-bond donors (Lipinski definition) is 2. The highest BCUT2D eigenvalue weighted by atomic mass is 16.2. The zero-order valence-electron chi connectivity index (χ0n) is 17.4. The summed E-state index contributed by atoms with van der Waals surface area (Å²) in [6.07, 6.45) is 0. The van der Waals surface area contributed by atoms with E-state index >= 15 is 0 Å². The minimum Gasteiger partial charge on any atom is -0.350 e. The minimum absolute atomic E-state index is 0.0445. The fourth-order valence-corrected chi connectivity index (χ4v) is 3.45. The molecular weight excluding hydrogens is 372 g/mol. The van der Waals surface area contributed by atoms with E-state index in [1.165, 1.54) is 0 Å². The number of nitrogens with one attached hydrogen (secondary N) is 2. The Kier molecular flexibility index (Phi) is 7.39. The number of carbonyl (C=O) groups excluding carboxylic acids is 2. The molecule has 3 aromatic carbocycles. The van der Waals surface area contributed by atoms with Gasteiger partial charge in [-0.1, -0.05) is 105 Å². The molecular formula is C26H28N2O2. The lowest BCUT2D eigenvalue weighted by atomic mass is 9.89. The van der Waals surface area contributed by atoms with E-state index in [4.69, 9.17) is 0 Å². The molecule has 0 fully saturated rings. The van der Waals surface area contributed by atoms with Crippen molar-refractivity contribution in [3.63, 3.8) is 0 Å². The summed E-state index contributed by atoms with van der Waals surface area (Å²) < 4.78 is 0. The fourth-order valence-electron chi connectivity index (χ4n) is 3.45. The smallest absolute Gasteiger partial charge is 0.243 e. The van der Waals surface area contributed by atoms with Gasteiger partial charge in [0.15, 0.2) is 0 Å². The third-order valence-corrected chi connectivity index (χ3v) is 5.08. The SMILES string of the molecule is CC(C)[C@@H](NC(=O)C(c1ccccc1)c1ccccc1)C(=O)NCc1ccccc1. The molecule has 154 valence electrons. The monoisotopic (exact) mass is 400 g/mol. The Labute approximate surface area is 178 Å². The molecule has 4 heteroatoms. The first-order chi connectivity index (χ1) is 14.6. The zero-order chi connectivity index (χ0) is 21.3. The Bertz CT molecular complexity index is 901. The Morgan fingerprint density at radius 2 is 1.17 bits per heavy atom. The average Bonchev–Trinajstić information content (AvgIpc) is 2.78. The van der Waals surface area contributed by atoms with Crippen LogP contribution < -0.4 is 10.6 Å². The van der Waals surface area contributed by atoms with E-state index in [0.29, 0.717) is 6.54 Å². The summed E-state index contributed by atoms with van der Waals surface area (Å²) in [4.78, 5) is 26.2. The van der Waals surface area contributed by atoms with Gasteiger partial charge in [0.25, 0.3) is 0 Å². The normalized spacial score (nSPS) is 11.9. The Hall–Kier alpha value is -3.40. The number of rotatable bonds is 8. The van der Waals surface area contributed by atoms with E-state index in [0.717, 1.165) is 16.7 Å². The quantitative estimate of drug-likeness (QED) is 0.593. The third-order valence-electron chi connectivity index (χ3n) is 5.08. The molecule has 0 aliphatic rings. The van der Waals surface area contributed by atoms with Gasteiger partial charge in [-0.3, -0.25) is 9.59 Å². The molecule has 0 saturated carbocycles. The maximum Gasteiger partial charge on any atom is 0.243 e. The van der Waals surface area contributed by atoms with Crippen LogP contribution in [0.25, 0.3) is 0 Å². The summed E-state index contributed by atoms with van der Waals surface area (Å²) in [7, 11) is 0. The van der Waals surface area contributed by atoms with Crippen molar-refractivity contribution in [2.24, 2.45) is 5.92 Å². The molecule has 0 unspecified atom stereocenters. The number of benzene rings is 3. The average molecular weight is 401 g/mol. The zero-order valence-corrected chi connectivity index (χ0v) is 17.4. The van der Waals surface area contributed by atoms with Gasteiger partial charge in [-0.05, 0) is 22.6 Å². The van der Waals surface area contributed by atoms with Crippen LogP contribution in [0, 0.1) is 5.92 Å². The molecule has 3 aromatic rings. The van der Waals surface area contributed by atoms with Gasteiger partial charge in [-0.25, -0.2) is 0 Å². The molecule has 0 heterocycles. The van der Waals surface area contributed by atoms with Crippen LogP contribution in [-0.4, -0.2) is 17.9 Å². The first-order valence-electron chi connectivity index (χ1n) is 10.3. The third kappa shape index (κ3) is 5.57. The van der Waals surface area contributed by atoms with Gasteiger partial charge in [0, 0.05) is 6.54 Å². The lowest BCUT2D eigenvalue weighted by molar-refractivity contribution is -0.130. The first kappa shape index (κ1) is 21.3. The molecule has 1 atom stereocenters. The van der Waals surface area contributed by atoms with Crippen molar-refractivity contribution in [3.8, 4) is 0 Å². The summed E-state index contributed by atoms with van der Waals surface area (Å²) in [5.74, 6) is -0.879. The highest BCUT2D eigenvalue weighted by molar-refractivity contribution is 5.92. The van der Waals surface area contributed by atoms with Crippen molar-refractivity contribution in [1.29, 1.82) is 0 Å². The van der Waals surface area contributed by atoms with Crippen molar-refractivity contribution in [3.05, 3.63) is 108 Å². The molecule has 2 amide bonds. The van der Waals surface area contributed by atoms with Crippen molar-refractivity contribution in [2.75, 3.05) is 0 Å². The van der Waals surface area contributed by atoms with E-state index in [-0.39, 0.29) is 17.7 Å². The second-order valence-corrected chi connectivity index (χ2v) is 7.69. The first-order valence-corrected chi connectivity index (χ1v) is 10.3. The van der Waals surface area contributed by atoms with Crippen LogP contribution >= 0.6 is 0 Å². The molecule has 0 spiro atoms. The van der Waals surface area contributed by atoms with E-state index in [1.54, 1.807) is 0 Å². The van der Waals surface area contributed by atoms with Gasteiger partial charge in [-0.2, -0.15) is 0 Å². The second kappa shape index (κ2) is 10.4. The van der Waals surface area contributed by atoms with Gasteiger partial charge in [0.1, 0.15) is 6.04 Å². The molecule has 0 aliphatic carbocycles. The second-order valence-electron chi connectivity index (χ2n) is 7.69. The van der Waals surface area contributed by atoms with Gasteiger partial charge in [0.2, 0.25) is 11.8 Å². The largest absolute Gasteiger partial charge is 0.350 e. The molecule has 0 aliphatic heterocycles. The number of carbonyl (C=O) groups is 2. The number of amides is 2. The fraction of sp³-hybridized carbons (Fsp3) is 0.231. The summed E-state index contributed by atoms with van der Waals surface area (Å²) in [5.41, 5.74) is 2.81. The molecule has 0 bridgehead atoms.